The molecule has 0 spiro atoms. The molecule has 2 aliphatic rings. The highest BCUT2D eigenvalue weighted by atomic mass is 32.2. The van der Waals surface area contributed by atoms with Gasteiger partial charge in [0.1, 0.15) is 12.3 Å². The van der Waals surface area contributed by atoms with Gasteiger partial charge in [-0.3, -0.25) is 9.59 Å². The van der Waals surface area contributed by atoms with Crippen LogP contribution in [0.25, 0.3) is 0 Å². The van der Waals surface area contributed by atoms with E-state index >= 15 is 0 Å². The van der Waals surface area contributed by atoms with Crippen LogP contribution in [0.2, 0.25) is 0 Å². The van der Waals surface area contributed by atoms with Crippen molar-refractivity contribution >= 4 is 23.2 Å². The molecule has 2 fully saturated rings. The molecule has 37 heavy (non-hydrogen) atoms. The number of aryl methyl sites for hydroxylation is 2. The van der Waals surface area contributed by atoms with Gasteiger partial charge in [0.25, 0.3) is 0 Å². The first kappa shape index (κ1) is 29.7. The molecule has 208 valence electrons. The van der Waals surface area contributed by atoms with E-state index in [1.807, 2.05) is 33.0 Å². The molecule has 1 aromatic carbocycles. The van der Waals surface area contributed by atoms with Gasteiger partial charge in [0.05, 0.1) is 37.7 Å². The van der Waals surface area contributed by atoms with Crippen molar-refractivity contribution in [1.29, 1.82) is 0 Å². The molecule has 1 saturated heterocycles. The van der Waals surface area contributed by atoms with Crippen LogP contribution in [0.1, 0.15) is 49.7 Å². The number of ether oxygens (including phenoxy) is 2. The van der Waals surface area contributed by atoms with Crippen LogP contribution in [-0.2, 0) is 25.7 Å². The summed E-state index contributed by atoms with van der Waals surface area (Å²) < 4.78 is 25.9. The molecule has 1 saturated carbocycles. The van der Waals surface area contributed by atoms with Crippen molar-refractivity contribution in [2.75, 3.05) is 60.5 Å². The number of likely N-dealkylation sites (tertiary alicyclic amines) is 1. The Morgan fingerprint density at radius 2 is 1.73 bits per heavy atom. The van der Waals surface area contributed by atoms with Crippen LogP contribution in [0, 0.1) is 13.8 Å². The van der Waals surface area contributed by atoms with Gasteiger partial charge in [-0.25, -0.2) is 0 Å². The summed E-state index contributed by atoms with van der Waals surface area (Å²) in [6.07, 6.45) is 6.59. The second kappa shape index (κ2) is 14.3. The third kappa shape index (κ3) is 8.58. The Bertz CT molecular complexity index is 880. The minimum Gasteiger partial charge on any atom is -0.593 e. The van der Waals surface area contributed by atoms with Gasteiger partial charge in [-0.1, -0.05) is 0 Å². The first-order valence-corrected chi connectivity index (χ1v) is 14.4. The highest BCUT2D eigenvalue weighted by Crippen LogP contribution is 2.28. The predicted octanol–water partition coefficient (Wildman–Crippen LogP) is 2.26. The van der Waals surface area contributed by atoms with E-state index in [0.29, 0.717) is 10.6 Å². The lowest BCUT2D eigenvalue weighted by atomic mass is 9.92. The van der Waals surface area contributed by atoms with Crippen LogP contribution >= 0.6 is 0 Å². The molecule has 9 nitrogen and oxygen atoms in total. The number of likely N-dealkylation sites (N-methyl/N-ethyl adjacent to an activating group) is 2. The van der Waals surface area contributed by atoms with Crippen LogP contribution in [0.15, 0.2) is 17.0 Å². The van der Waals surface area contributed by atoms with Crippen molar-refractivity contribution in [2.45, 2.75) is 69.4 Å². The fraction of sp³-hybridized carbons (Fsp3) is 0.704. The maximum atomic E-state index is 13.1. The Labute approximate surface area is 225 Å². The predicted molar refractivity (Wildman–Crippen MR) is 145 cm³/mol. The zero-order valence-corrected chi connectivity index (χ0v) is 23.9. The van der Waals surface area contributed by atoms with Crippen molar-refractivity contribution in [3.8, 4) is 5.75 Å². The fourth-order valence-electron chi connectivity index (χ4n) is 5.23. The quantitative estimate of drug-likeness (QED) is 0.409. The highest BCUT2D eigenvalue weighted by Gasteiger charge is 2.28. The van der Waals surface area contributed by atoms with Crippen LogP contribution < -0.4 is 10.1 Å². The first-order chi connectivity index (χ1) is 17.7. The van der Waals surface area contributed by atoms with Crippen LogP contribution in [0.5, 0.6) is 5.75 Å². The van der Waals surface area contributed by atoms with Crippen molar-refractivity contribution in [1.82, 2.24) is 19.4 Å². The summed E-state index contributed by atoms with van der Waals surface area (Å²) in [5, 5.41) is 2.69. The molecular weight excluding hydrogens is 492 g/mol. The third-order valence-electron chi connectivity index (χ3n) is 7.47. The van der Waals surface area contributed by atoms with E-state index in [-0.39, 0.29) is 37.0 Å². The second-order valence-corrected chi connectivity index (χ2v) is 11.8. The molecule has 0 aromatic heterocycles. The van der Waals surface area contributed by atoms with Gasteiger partial charge < -0.3 is 29.1 Å². The Morgan fingerprint density at radius 1 is 1.11 bits per heavy atom. The molecule has 2 amide bonds. The number of benzene rings is 1. The smallest absolute Gasteiger partial charge is 0.241 e. The maximum absolute atomic E-state index is 13.1. The lowest BCUT2D eigenvalue weighted by Crippen LogP contribution is -2.47. The molecule has 1 unspecified atom stereocenters. The number of carbonyl (C=O) groups excluding carboxylic acids is 2. The lowest BCUT2D eigenvalue weighted by Gasteiger charge is -2.35. The van der Waals surface area contributed by atoms with Gasteiger partial charge in [-0.2, -0.15) is 0 Å². The van der Waals surface area contributed by atoms with E-state index in [9.17, 15) is 14.1 Å². The van der Waals surface area contributed by atoms with Gasteiger partial charge in [0.2, 0.25) is 11.8 Å². The molecule has 10 heteroatoms. The normalized spacial score (nSPS) is 21.2. The van der Waals surface area contributed by atoms with E-state index in [1.54, 1.807) is 19.1 Å². The minimum absolute atomic E-state index is 0.0668. The van der Waals surface area contributed by atoms with Crippen LogP contribution in [-0.4, -0.2) is 103 Å². The molecule has 1 heterocycles. The number of hydrogen-bond acceptors (Lipinski definition) is 7. The van der Waals surface area contributed by atoms with Gasteiger partial charge in [-0.05, 0) is 77.6 Å². The van der Waals surface area contributed by atoms with E-state index < -0.39 is 11.4 Å². The number of nitrogens with one attached hydrogen (secondary N) is 1. The summed E-state index contributed by atoms with van der Waals surface area (Å²) in [5.74, 6) is 0.256. The summed E-state index contributed by atoms with van der Waals surface area (Å²) in [4.78, 5) is 30.1. The average molecular weight is 537 g/mol. The monoisotopic (exact) mass is 536 g/mol. The summed E-state index contributed by atoms with van der Waals surface area (Å²) in [5.41, 5.74) is 1.68. The lowest BCUT2D eigenvalue weighted by molar-refractivity contribution is -0.134. The van der Waals surface area contributed by atoms with E-state index in [0.717, 1.165) is 50.0 Å². The topological polar surface area (TPSA) is 97.4 Å². The average Bonchev–Trinajstić information content (AvgIpc) is 3.40. The molecular formula is C27H44N4O5S. The molecule has 0 bridgehead atoms. The third-order valence-corrected chi connectivity index (χ3v) is 9.16. The zero-order valence-electron chi connectivity index (χ0n) is 23.1. The summed E-state index contributed by atoms with van der Waals surface area (Å²) in [6.45, 7) is 7.79. The molecule has 1 aliphatic heterocycles. The standard InChI is InChI=1S/C27H44N4O5S/c1-20-16-24(35-5)17-21(2)27(20)37(34)29(3)19-25(32)28-18-26(33)30(4)22-8-10-23(11-9-22)36-15-14-31-12-6-7-13-31/h16-17,22-23H,6-15,18-19H2,1-5H3,(H,28,32)/t22-,23+,37?. The summed E-state index contributed by atoms with van der Waals surface area (Å²) in [6, 6.07) is 3.83. The van der Waals surface area contributed by atoms with Gasteiger partial charge in [0.15, 0.2) is 4.90 Å². The summed E-state index contributed by atoms with van der Waals surface area (Å²) >= 11 is -1.51. The van der Waals surface area contributed by atoms with E-state index in [1.165, 1.54) is 30.2 Å². The molecule has 1 atom stereocenters. The number of hydrogen-bond donors (Lipinski definition) is 1. The maximum Gasteiger partial charge on any atom is 0.241 e. The Balaban J connectivity index is 1.37. The number of carbonyl (C=O) groups is 2. The molecule has 1 aliphatic carbocycles. The Kier molecular flexibility index (Phi) is 11.5. The van der Waals surface area contributed by atoms with Gasteiger partial charge in [-0.15, -0.1) is 4.31 Å². The van der Waals surface area contributed by atoms with Crippen molar-refractivity contribution in [3.63, 3.8) is 0 Å². The first-order valence-electron chi connectivity index (χ1n) is 13.3. The van der Waals surface area contributed by atoms with Gasteiger partial charge in [0, 0.05) is 37.8 Å². The molecule has 1 aromatic rings. The van der Waals surface area contributed by atoms with Gasteiger partial charge >= 0.3 is 0 Å². The number of rotatable bonds is 12. The van der Waals surface area contributed by atoms with Crippen molar-refractivity contribution in [3.05, 3.63) is 23.3 Å². The number of nitrogens with zero attached hydrogens (tertiary/aromatic N) is 3. The summed E-state index contributed by atoms with van der Waals surface area (Å²) in [7, 11) is 5.04. The largest absolute Gasteiger partial charge is 0.593 e. The zero-order chi connectivity index (χ0) is 26.9. The van der Waals surface area contributed by atoms with Crippen LogP contribution in [0.3, 0.4) is 0 Å². The number of amides is 2. The Morgan fingerprint density at radius 3 is 2.32 bits per heavy atom. The molecule has 1 N–H and O–H groups in total. The van der Waals surface area contributed by atoms with Crippen molar-refractivity contribution < 1.29 is 23.6 Å². The second-order valence-electron chi connectivity index (χ2n) is 10.3. The van der Waals surface area contributed by atoms with Crippen LogP contribution in [0.4, 0.5) is 0 Å². The fourth-order valence-corrected chi connectivity index (χ4v) is 6.45. The minimum atomic E-state index is -1.51. The Hall–Kier alpha value is -1.85. The molecule has 3 rings (SSSR count). The SMILES string of the molecule is COc1cc(C)c([S+]([O-])N(C)CC(=O)NCC(=O)N(C)[C@H]2CC[C@@H](OCCN3CCCC3)CC2)c(C)c1. The van der Waals surface area contributed by atoms with E-state index in [4.69, 9.17) is 9.47 Å². The highest BCUT2D eigenvalue weighted by molar-refractivity contribution is 7.89. The molecule has 0 radical (unpaired) electrons. The number of methoxy groups -OCH3 is 1. The van der Waals surface area contributed by atoms with E-state index in [2.05, 4.69) is 10.2 Å². The van der Waals surface area contributed by atoms with Crippen molar-refractivity contribution in [2.24, 2.45) is 0 Å².